The molecule has 21 heavy (non-hydrogen) atoms. The summed E-state index contributed by atoms with van der Waals surface area (Å²) < 4.78 is 12.5. The third-order valence-corrected chi connectivity index (χ3v) is 3.45. The minimum Gasteiger partial charge on any atom is -0.493 e. The number of rotatable bonds is 7. The van der Waals surface area contributed by atoms with Gasteiger partial charge in [0, 0.05) is 19.5 Å². The maximum atomic E-state index is 5.38. The number of aromatic nitrogens is 3. The van der Waals surface area contributed by atoms with Crippen molar-refractivity contribution >= 4 is 0 Å². The number of benzene rings is 1. The lowest BCUT2D eigenvalue weighted by Crippen LogP contribution is -2.24. The van der Waals surface area contributed by atoms with Crippen molar-refractivity contribution in [2.75, 3.05) is 20.8 Å². The normalized spacial score (nSPS) is 12.2. The number of likely N-dealkylation sites (N-methyl/N-ethyl adjacent to an activating group) is 1. The van der Waals surface area contributed by atoms with Crippen LogP contribution in [0.15, 0.2) is 24.5 Å². The molecule has 0 radical (unpaired) electrons. The second-order valence-electron chi connectivity index (χ2n) is 4.73. The van der Waals surface area contributed by atoms with Gasteiger partial charge < -0.3 is 14.8 Å². The van der Waals surface area contributed by atoms with E-state index in [2.05, 4.69) is 22.3 Å². The van der Waals surface area contributed by atoms with Crippen molar-refractivity contribution in [1.82, 2.24) is 20.1 Å². The van der Waals surface area contributed by atoms with E-state index in [1.807, 2.05) is 25.2 Å². The van der Waals surface area contributed by atoms with Crippen LogP contribution in [0.2, 0.25) is 0 Å². The van der Waals surface area contributed by atoms with Gasteiger partial charge in [0.05, 0.1) is 14.2 Å². The third-order valence-electron chi connectivity index (χ3n) is 3.45. The molecule has 1 aromatic heterocycles. The van der Waals surface area contributed by atoms with Crippen molar-refractivity contribution in [1.29, 1.82) is 0 Å². The molecule has 6 nitrogen and oxygen atoms in total. The van der Waals surface area contributed by atoms with E-state index >= 15 is 0 Å². The molecule has 1 aromatic carbocycles. The molecular weight excluding hydrogens is 268 g/mol. The summed E-state index contributed by atoms with van der Waals surface area (Å²) in [6, 6.07) is 6.13. The first-order valence-corrected chi connectivity index (χ1v) is 6.97. The zero-order valence-electron chi connectivity index (χ0n) is 13.0. The van der Waals surface area contributed by atoms with E-state index in [4.69, 9.17) is 9.47 Å². The maximum absolute atomic E-state index is 5.38. The van der Waals surface area contributed by atoms with E-state index in [0.717, 1.165) is 35.9 Å². The van der Waals surface area contributed by atoms with E-state index in [0.29, 0.717) is 0 Å². The number of aryl methyl sites for hydroxylation is 1. The fraction of sp³-hybridized carbons (Fsp3) is 0.467. The molecule has 1 heterocycles. The summed E-state index contributed by atoms with van der Waals surface area (Å²) >= 11 is 0. The molecule has 0 bridgehead atoms. The molecule has 1 N–H and O–H groups in total. The smallest absolute Gasteiger partial charge is 0.161 e. The highest BCUT2D eigenvalue weighted by molar-refractivity contribution is 5.44. The van der Waals surface area contributed by atoms with Crippen molar-refractivity contribution in [2.24, 2.45) is 7.05 Å². The zero-order valence-corrected chi connectivity index (χ0v) is 13.0. The molecular formula is C15H22N4O2. The van der Waals surface area contributed by atoms with Gasteiger partial charge in [-0.1, -0.05) is 13.0 Å². The van der Waals surface area contributed by atoms with E-state index in [1.54, 1.807) is 25.2 Å². The molecule has 0 saturated carbocycles. The lowest BCUT2D eigenvalue weighted by Gasteiger charge is -2.19. The molecule has 0 saturated heterocycles. The molecule has 1 atom stereocenters. The van der Waals surface area contributed by atoms with Gasteiger partial charge in [0.1, 0.15) is 12.2 Å². The lowest BCUT2D eigenvalue weighted by molar-refractivity contribution is 0.353. The first-order chi connectivity index (χ1) is 10.2. The molecule has 0 spiro atoms. The van der Waals surface area contributed by atoms with E-state index < -0.39 is 0 Å². The Labute approximate surface area is 125 Å². The van der Waals surface area contributed by atoms with Crippen LogP contribution in [-0.2, 0) is 13.5 Å². The Morgan fingerprint density at radius 1 is 1.24 bits per heavy atom. The summed E-state index contributed by atoms with van der Waals surface area (Å²) in [7, 11) is 5.19. The summed E-state index contributed by atoms with van der Waals surface area (Å²) in [5, 5.41) is 7.59. The van der Waals surface area contributed by atoms with Crippen molar-refractivity contribution < 1.29 is 9.47 Å². The van der Waals surface area contributed by atoms with Gasteiger partial charge in [-0.15, -0.1) is 0 Å². The van der Waals surface area contributed by atoms with Crippen molar-refractivity contribution in [3.63, 3.8) is 0 Å². The SMILES string of the molecule is CCNC(Cc1ncnn1C)c1ccc(OC)c(OC)c1. The molecule has 0 aliphatic heterocycles. The second-order valence-corrected chi connectivity index (χ2v) is 4.73. The molecule has 114 valence electrons. The fourth-order valence-corrected chi connectivity index (χ4v) is 2.31. The van der Waals surface area contributed by atoms with Crippen LogP contribution >= 0.6 is 0 Å². The van der Waals surface area contributed by atoms with Gasteiger partial charge in [-0.3, -0.25) is 4.68 Å². The first kappa shape index (κ1) is 15.3. The van der Waals surface area contributed by atoms with E-state index in [1.165, 1.54) is 0 Å². The topological polar surface area (TPSA) is 61.2 Å². The van der Waals surface area contributed by atoms with Gasteiger partial charge in [0.25, 0.3) is 0 Å². The lowest BCUT2D eigenvalue weighted by atomic mass is 10.0. The van der Waals surface area contributed by atoms with Crippen LogP contribution in [0.3, 0.4) is 0 Å². The quantitative estimate of drug-likeness (QED) is 0.841. The Hall–Kier alpha value is -2.08. The van der Waals surface area contributed by atoms with Crippen LogP contribution in [0.5, 0.6) is 11.5 Å². The Morgan fingerprint density at radius 3 is 2.57 bits per heavy atom. The number of hydrogen-bond acceptors (Lipinski definition) is 5. The fourth-order valence-electron chi connectivity index (χ4n) is 2.31. The van der Waals surface area contributed by atoms with Crippen LogP contribution < -0.4 is 14.8 Å². The number of nitrogens with zero attached hydrogens (tertiary/aromatic N) is 3. The molecule has 2 aromatic rings. The Kier molecular flexibility index (Phi) is 5.16. The monoisotopic (exact) mass is 290 g/mol. The first-order valence-electron chi connectivity index (χ1n) is 6.97. The summed E-state index contributed by atoms with van der Waals surface area (Å²) in [5.41, 5.74) is 1.14. The highest BCUT2D eigenvalue weighted by atomic mass is 16.5. The van der Waals surface area contributed by atoms with Crippen LogP contribution in [0.1, 0.15) is 24.4 Å². The summed E-state index contributed by atoms with van der Waals surface area (Å²) in [6.45, 7) is 2.96. The number of hydrogen-bond donors (Lipinski definition) is 1. The van der Waals surface area contributed by atoms with Crippen molar-refractivity contribution in [3.8, 4) is 11.5 Å². The van der Waals surface area contributed by atoms with Crippen LogP contribution in [0, 0.1) is 0 Å². The van der Waals surface area contributed by atoms with E-state index in [9.17, 15) is 0 Å². The highest BCUT2D eigenvalue weighted by Crippen LogP contribution is 2.30. The Balaban J connectivity index is 2.27. The molecule has 0 aliphatic carbocycles. The van der Waals surface area contributed by atoms with E-state index in [-0.39, 0.29) is 6.04 Å². The van der Waals surface area contributed by atoms with Gasteiger partial charge >= 0.3 is 0 Å². The van der Waals surface area contributed by atoms with Crippen LogP contribution in [0.25, 0.3) is 0 Å². The molecule has 0 fully saturated rings. The molecule has 1 unspecified atom stereocenters. The average molecular weight is 290 g/mol. The molecule has 6 heteroatoms. The Bertz CT molecular complexity index is 583. The zero-order chi connectivity index (χ0) is 15.2. The molecule has 0 aliphatic rings. The number of ether oxygens (including phenoxy) is 2. The van der Waals surface area contributed by atoms with Gasteiger partial charge in [0.2, 0.25) is 0 Å². The summed E-state index contributed by atoms with van der Waals surface area (Å²) in [6.07, 6.45) is 2.34. The Morgan fingerprint density at radius 2 is 2.00 bits per heavy atom. The summed E-state index contributed by atoms with van der Waals surface area (Å²) in [5.74, 6) is 2.40. The largest absolute Gasteiger partial charge is 0.493 e. The van der Waals surface area contributed by atoms with Gasteiger partial charge in [-0.2, -0.15) is 5.10 Å². The third kappa shape index (κ3) is 3.52. The van der Waals surface area contributed by atoms with Crippen LogP contribution in [-0.4, -0.2) is 35.5 Å². The molecule has 0 amide bonds. The summed E-state index contributed by atoms with van der Waals surface area (Å²) in [4.78, 5) is 4.30. The number of nitrogens with one attached hydrogen (secondary N) is 1. The van der Waals surface area contributed by atoms with Gasteiger partial charge in [0.15, 0.2) is 11.5 Å². The predicted octanol–water partition coefficient (Wildman–Crippen LogP) is 1.73. The maximum Gasteiger partial charge on any atom is 0.161 e. The predicted molar refractivity (Wildman–Crippen MR) is 80.7 cm³/mol. The second kappa shape index (κ2) is 7.08. The highest BCUT2D eigenvalue weighted by Gasteiger charge is 2.16. The van der Waals surface area contributed by atoms with Gasteiger partial charge in [-0.25, -0.2) is 4.98 Å². The van der Waals surface area contributed by atoms with Crippen molar-refractivity contribution in [2.45, 2.75) is 19.4 Å². The minimum absolute atomic E-state index is 0.151. The van der Waals surface area contributed by atoms with Crippen LogP contribution in [0.4, 0.5) is 0 Å². The van der Waals surface area contributed by atoms with Gasteiger partial charge in [-0.05, 0) is 24.2 Å². The average Bonchev–Trinajstić information content (AvgIpc) is 2.91. The molecule has 2 rings (SSSR count). The van der Waals surface area contributed by atoms with Crippen molar-refractivity contribution in [3.05, 3.63) is 35.9 Å². The standard InChI is InChI=1S/C15H22N4O2/c1-5-16-12(9-15-17-10-18-19(15)2)11-6-7-13(20-3)14(8-11)21-4/h6-8,10,12,16H,5,9H2,1-4H3. The minimum atomic E-state index is 0.151. The number of methoxy groups -OCH3 is 2.